The fraction of sp³-hybridized carbons (Fsp3) is 0.300. The number of benzene rings is 1. The maximum Gasteiger partial charge on any atom is 0.336 e. The molecule has 0 aliphatic heterocycles. The Morgan fingerprint density at radius 3 is 2.94 bits per heavy atom. The quantitative estimate of drug-likeness (QED) is 0.586. The molecule has 0 saturated carbocycles. The van der Waals surface area contributed by atoms with Gasteiger partial charge in [0.05, 0.1) is 17.7 Å². The van der Waals surface area contributed by atoms with Gasteiger partial charge in [0.15, 0.2) is 5.75 Å². The molecule has 0 spiro atoms. The van der Waals surface area contributed by atoms with Gasteiger partial charge in [0.1, 0.15) is 5.52 Å². The average Bonchev–Trinajstić information content (AvgIpc) is 2.61. The molecule has 2 aromatic rings. The van der Waals surface area contributed by atoms with E-state index in [9.17, 15) is 10.1 Å². The summed E-state index contributed by atoms with van der Waals surface area (Å²) in [6, 6.07) is 3.37. The van der Waals surface area contributed by atoms with Crippen LogP contribution in [0.5, 0.6) is 5.75 Å². The van der Waals surface area contributed by atoms with E-state index >= 15 is 0 Å². The number of rotatable bonds is 3. The van der Waals surface area contributed by atoms with E-state index in [1.807, 2.05) is 0 Å². The molecule has 84 valence electrons. The number of hydrogen-bond acceptors (Lipinski definition) is 4. The fourth-order valence-corrected chi connectivity index (χ4v) is 1.68. The number of hydrogen-bond donors (Lipinski definition) is 0. The summed E-state index contributed by atoms with van der Waals surface area (Å²) in [4.78, 5) is 10.6. The first-order valence-corrected chi connectivity index (χ1v) is 4.87. The highest BCUT2D eigenvalue weighted by atomic mass is 16.6. The van der Waals surface area contributed by atoms with Crippen LogP contribution in [0.1, 0.15) is 6.92 Å². The molecule has 0 amide bonds. The van der Waals surface area contributed by atoms with Crippen LogP contribution in [0, 0.1) is 10.1 Å². The maximum absolute atomic E-state index is 11.0. The lowest BCUT2D eigenvalue weighted by Crippen LogP contribution is -2.00. The first-order chi connectivity index (χ1) is 7.65. The van der Waals surface area contributed by atoms with Crippen molar-refractivity contribution in [3.05, 3.63) is 28.4 Å². The van der Waals surface area contributed by atoms with E-state index in [-0.39, 0.29) is 11.4 Å². The summed E-state index contributed by atoms with van der Waals surface area (Å²) in [5.41, 5.74) is 0.454. The number of nitro benzene ring substituents is 1. The van der Waals surface area contributed by atoms with Crippen molar-refractivity contribution in [2.24, 2.45) is 7.05 Å². The number of aryl methyl sites for hydroxylation is 1. The van der Waals surface area contributed by atoms with Gasteiger partial charge in [0, 0.05) is 12.4 Å². The summed E-state index contributed by atoms with van der Waals surface area (Å²) in [6.07, 6.45) is 1.60. The molecule has 0 radical (unpaired) electrons. The van der Waals surface area contributed by atoms with E-state index in [2.05, 4.69) is 5.10 Å². The van der Waals surface area contributed by atoms with Crippen molar-refractivity contribution in [3.63, 3.8) is 0 Å². The van der Waals surface area contributed by atoms with E-state index in [0.29, 0.717) is 12.1 Å². The molecule has 1 aromatic carbocycles. The predicted octanol–water partition coefficient (Wildman–Crippen LogP) is 1.88. The Kier molecular flexibility index (Phi) is 2.47. The van der Waals surface area contributed by atoms with Crippen LogP contribution in [0.25, 0.3) is 10.9 Å². The highest BCUT2D eigenvalue weighted by Gasteiger charge is 2.22. The molecule has 0 N–H and O–H groups in total. The molecule has 0 fully saturated rings. The molecule has 0 aliphatic rings. The van der Waals surface area contributed by atoms with Crippen LogP contribution >= 0.6 is 0 Å². The van der Waals surface area contributed by atoms with E-state index in [4.69, 9.17) is 4.74 Å². The number of nitro groups is 1. The second-order valence-corrected chi connectivity index (χ2v) is 3.31. The van der Waals surface area contributed by atoms with Gasteiger partial charge in [-0.1, -0.05) is 0 Å². The molecule has 16 heavy (non-hydrogen) atoms. The normalized spacial score (nSPS) is 10.6. The van der Waals surface area contributed by atoms with E-state index in [1.165, 1.54) is 4.68 Å². The smallest absolute Gasteiger partial charge is 0.336 e. The predicted molar refractivity (Wildman–Crippen MR) is 58.5 cm³/mol. The fourth-order valence-electron chi connectivity index (χ4n) is 1.68. The van der Waals surface area contributed by atoms with Crippen LogP contribution in [0.2, 0.25) is 0 Å². The topological polar surface area (TPSA) is 70.2 Å². The van der Waals surface area contributed by atoms with Gasteiger partial charge in [0.25, 0.3) is 0 Å². The van der Waals surface area contributed by atoms with Gasteiger partial charge in [-0.2, -0.15) is 5.10 Å². The Morgan fingerprint density at radius 1 is 1.56 bits per heavy atom. The number of ether oxygens (including phenoxy) is 1. The Bertz CT molecular complexity index is 547. The first-order valence-electron chi connectivity index (χ1n) is 4.87. The summed E-state index contributed by atoms with van der Waals surface area (Å²) in [5, 5.41) is 15.8. The standard InChI is InChI=1S/C10H11N3O3/c1-3-16-8-5-4-7-6-11-12(2)9(7)10(8)13(14)15/h4-6H,3H2,1-2H3. The Balaban J connectivity index is 2.77. The second-order valence-electron chi connectivity index (χ2n) is 3.31. The number of fused-ring (bicyclic) bond motifs is 1. The lowest BCUT2D eigenvalue weighted by atomic mass is 10.2. The zero-order valence-electron chi connectivity index (χ0n) is 9.01. The van der Waals surface area contributed by atoms with Crippen molar-refractivity contribution < 1.29 is 9.66 Å². The van der Waals surface area contributed by atoms with Crippen molar-refractivity contribution in [2.45, 2.75) is 6.92 Å². The summed E-state index contributed by atoms with van der Waals surface area (Å²) >= 11 is 0. The zero-order chi connectivity index (χ0) is 11.7. The summed E-state index contributed by atoms with van der Waals surface area (Å²) in [5.74, 6) is 0.281. The molecular weight excluding hydrogens is 210 g/mol. The third kappa shape index (κ3) is 1.48. The minimum absolute atomic E-state index is 0.0284. The lowest BCUT2D eigenvalue weighted by Gasteiger charge is -2.05. The van der Waals surface area contributed by atoms with Crippen LogP contribution in [0.4, 0.5) is 5.69 Å². The van der Waals surface area contributed by atoms with Crippen LogP contribution in [0.3, 0.4) is 0 Å². The zero-order valence-corrected chi connectivity index (χ0v) is 9.01. The molecule has 0 unspecified atom stereocenters. The molecule has 0 bridgehead atoms. The van der Waals surface area contributed by atoms with Crippen molar-refractivity contribution in [2.75, 3.05) is 6.61 Å². The Hall–Kier alpha value is -2.11. The minimum Gasteiger partial charge on any atom is -0.487 e. The summed E-state index contributed by atoms with van der Waals surface area (Å²) < 4.78 is 6.73. The van der Waals surface area contributed by atoms with Crippen LogP contribution in [-0.4, -0.2) is 21.3 Å². The highest BCUT2D eigenvalue weighted by molar-refractivity contribution is 5.90. The average molecular weight is 221 g/mol. The number of aromatic nitrogens is 2. The van der Waals surface area contributed by atoms with Gasteiger partial charge in [0.2, 0.25) is 0 Å². The van der Waals surface area contributed by atoms with E-state index in [0.717, 1.165) is 5.39 Å². The highest BCUT2D eigenvalue weighted by Crippen LogP contribution is 2.34. The van der Waals surface area contributed by atoms with Crippen molar-refractivity contribution in [1.29, 1.82) is 0 Å². The molecule has 0 aliphatic carbocycles. The van der Waals surface area contributed by atoms with Gasteiger partial charge in [-0.05, 0) is 19.1 Å². The van der Waals surface area contributed by atoms with Gasteiger partial charge in [-0.25, -0.2) is 0 Å². The molecule has 6 heteroatoms. The maximum atomic E-state index is 11.0. The van der Waals surface area contributed by atoms with E-state index < -0.39 is 4.92 Å². The van der Waals surface area contributed by atoms with Crippen molar-refractivity contribution in [3.8, 4) is 5.75 Å². The molecule has 0 atom stereocenters. The first kappa shape index (κ1) is 10.4. The number of nitrogens with zero attached hydrogens (tertiary/aromatic N) is 3. The summed E-state index contributed by atoms with van der Waals surface area (Å²) in [6.45, 7) is 2.18. The van der Waals surface area contributed by atoms with Gasteiger partial charge < -0.3 is 4.74 Å². The summed E-state index contributed by atoms with van der Waals surface area (Å²) in [7, 11) is 1.67. The van der Waals surface area contributed by atoms with Gasteiger partial charge >= 0.3 is 5.69 Å². The molecule has 0 saturated heterocycles. The van der Waals surface area contributed by atoms with Crippen LogP contribution in [0.15, 0.2) is 18.3 Å². The third-order valence-corrected chi connectivity index (χ3v) is 2.32. The van der Waals surface area contributed by atoms with Gasteiger partial charge in [-0.3, -0.25) is 14.8 Å². The van der Waals surface area contributed by atoms with Gasteiger partial charge in [-0.15, -0.1) is 0 Å². The monoisotopic (exact) mass is 221 g/mol. The minimum atomic E-state index is -0.436. The molecule has 1 heterocycles. The molecule has 6 nitrogen and oxygen atoms in total. The second kappa shape index (κ2) is 3.80. The van der Waals surface area contributed by atoms with E-state index in [1.54, 1.807) is 32.3 Å². The van der Waals surface area contributed by atoms with Crippen molar-refractivity contribution in [1.82, 2.24) is 9.78 Å². The molecular formula is C10H11N3O3. The van der Waals surface area contributed by atoms with Crippen LogP contribution < -0.4 is 4.74 Å². The van der Waals surface area contributed by atoms with Crippen molar-refractivity contribution >= 4 is 16.6 Å². The largest absolute Gasteiger partial charge is 0.487 e. The third-order valence-electron chi connectivity index (χ3n) is 2.32. The molecule has 1 aromatic heterocycles. The Labute approximate surface area is 91.6 Å². The van der Waals surface area contributed by atoms with Crippen LogP contribution in [-0.2, 0) is 7.05 Å². The Morgan fingerprint density at radius 2 is 2.31 bits per heavy atom. The lowest BCUT2D eigenvalue weighted by molar-refractivity contribution is -0.384. The SMILES string of the molecule is CCOc1ccc2cnn(C)c2c1[N+](=O)[O-]. The molecule has 2 rings (SSSR count).